The van der Waals surface area contributed by atoms with Gasteiger partial charge < -0.3 is 10.1 Å². The van der Waals surface area contributed by atoms with E-state index in [0.717, 1.165) is 18.2 Å². The van der Waals surface area contributed by atoms with E-state index >= 15 is 0 Å². The highest BCUT2D eigenvalue weighted by molar-refractivity contribution is 5.37. The lowest BCUT2D eigenvalue weighted by Crippen LogP contribution is -2.15. The molecule has 0 aliphatic heterocycles. The summed E-state index contributed by atoms with van der Waals surface area (Å²) >= 11 is 0. The highest BCUT2D eigenvalue weighted by atomic mass is 16.5. The van der Waals surface area contributed by atoms with E-state index in [0.29, 0.717) is 5.41 Å². The van der Waals surface area contributed by atoms with Gasteiger partial charge in [-0.3, -0.25) is 0 Å². The molecule has 1 aromatic carbocycles. The number of hydrogen-bond acceptors (Lipinski definition) is 2. The van der Waals surface area contributed by atoms with E-state index in [-0.39, 0.29) is 6.10 Å². The van der Waals surface area contributed by atoms with Crippen molar-refractivity contribution in [2.45, 2.75) is 38.7 Å². The van der Waals surface area contributed by atoms with Crippen LogP contribution < -0.4 is 10.1 Å². The van der Waals surface area contributed by atoms with Crippen molar-refractivity contribution in [3.05, 3.63) is 29.8 Å². The largest absolute Gasteiger partial charge is 0.491 e. The van der Waals surface area contributed by atoms with Crippen LogP contribution in [0.2, 0.25) is 0 Å². The van der Waals surface area contributed by atoms with Crippen molar-refractivity contribution in [1.82, 2.24) is 5.32 Å². The van der Waals surface area contributed by atoms with Crippen LogP contribution >= 0.6 is 0 Å². The molecule has 94 valence electrons. The summed E-state index contributed by atoms with van der Waals surface area (Å²) in [6.45, 7) is 7.58. The summed E-state index contributed by atoms with van der Waals surface area (Å²) in [5.74, 6) is 1.75. The molecule has 2 atom stereocenters. The molecule has 2 nitrogen and oxygen atoms in total. The molecule has 0 heterocycles. The Hall–Kier alpha value is -1.02. The summed E-state index contributed by atoms with van der Waals surface area (Å²) in [6.07, 6.45) is 1.53. The summed E-state index contributed by atoms with van der Waals surface area (Å²) < 4.78 is 5.66. The Morgan fingerprint density at radius 1 is 1.35 bits per heavy atom. The van der Waals surface area contributed by atoms with Crippen molar-refractivity contribution in [2.75, 3.05) is 13.6 Å². The molecule has 1 saturated carbocycles. The van der Waals surface area contributed by atoms with Gasteiger partial charge in [-0.2, -0.15) is 0 Å². The van der Waals surface area contributed by atoms with E-state index in [9.17, 15) is 0 Å². The molecule has 0 radical (unpaired) electrons. The summed E-state index contributed by atoms with van der Waals surface area (Å²) in [4.78, 5) is 0. The van der Waals surface area contributed by atoms with Crippen LogP contribution in [-0.2, 0) is 5.41 Å². The minimum absolute atomic E-state index is 0.245. The van der Waals surface area contributed by atoms with Gasteiger partial charge in [-0.1, -0.05) is 19.1 Å². The molecule has 0 spiro atoms. The lowest BCUT2D eigenvalue weighted by atomic mass is 9.95. The maximum Gasteiger partial charge on any atom is 0.119 e. The van der Waals surface area contributed by atoms with Crippen molar-refractivity contribution in [3.63, 3.8) is 0 Å². The fourth-order valence-corrected chi connectivity index (χ4v) is 2.54. The Bertz CT molecular complexity index is 371. The highest BCUT2D eigenvalue weighted by Crippen LogP contribution is 2.53. The smallest absolute Gasteiger partial charge is 0.119 e. The lowest BCUT2D eigenvalue weighted by Gasteiger charge is -2.14. The molecular weight excluding hydrogens is 210 g/mol. The van der Waals surface area contributed by atoms with E-state index in [2.05, 4.69) is 50.4 Å². The summed E-state index contributed by atoms with van der Waals surface area (Å²) in [6, 6.07) is 8.62. The van der Waals surface area contributed by atoms with Gasteiger partial charge in [-0.15, -0.1) is 0 Å². The molecule has 1 aliphatic carbocycles. The Morgan fingerprint density at radius 3 is 2.53 bits per heavy atom. The van der Waals surface area contributed by atoms with Crippen LogP contribution in [0.5, 0.6) is 5.75 Å². The normalized spacial score (nSPS) is 27.2. The first-order valence-electron chi connectivity index (χ1n) is 6.48. The summed E-state index contributed by atoms with van der Waals surface area (Å²) in [7, 11) is 2.03. The average Bonchev–Trinajstić information content (AvgIpc) is 2.91. The molecule has 2 unspecified atom stereocenters. The predicted octanol–water partition coefficient (Wildman–Crippen LogP) is 2.97. The Morgan fingerprint density at radius 2 is 2.00 bits per heavy atom. The standard InChI is InChI=1S/C15H23NO/c1-11(2)17-14-7-5-12(6-8-14)15(3)9-13(15)10-16-4/h5-8,11,13,16H,9-10H2,1-4H3. The molecule has 17 heavy (non-hydrogen) atoms. The van der Waals surface area contributed by atoms with Gasteiger partial charge in [0.25, 0.3) is 0 Å². The molecule has 0 aromatic heterocycles. The zero-order valence-corrected chi connectivity index (χ0v) is 11.3. The van der Waals surface area contributed by atoms with Crippen LogP contribution in [0, 0.1) is 5.92 Å². The molecular formula is C15H23NO. The van der Waals surface area contributed by atoms with E-state index in [1.165, 1.54) is 12.0 Å². The highest BCUT2D eigenvalue weighted by Gasteiger charge is 2.50. The maximum atomic E-state index is 5.66. The van der Waals surface area contributed by atoms with Gasteiger partial charge >= 0.3 is 0 Å². The molecule has 1 N–H and O–H groups in total. The fourth-order valence-electron chi connectivity index (χ4n) is 2.54. The minimum atomic E-state index is 0.245. The molecule has 1 aliphatic rings. The molecule has 1 fully saturated rings. The summed E-state index contributed by atoms with van der Waals surface area (Å²) in [5, 5.41) is 3.27. The molecule has 0 saturated heterocycles. The topological polar surface area (TPSA) is 21.3 Å². The Balaban J connectivity index is 2.04. The zero-order chi connectivity index (χ0) is 12.5. The molecule has 0 amide bonds. The second-order valence-electron chi connectivity index (χ2n) is 5.57. The van der Waals surface area contributed by atoms with Crippen LogP contribution in [-0.4, -0.2) is 19.7 Å². The first kappa shape index (κ1) is 12.4. The zero-order valence-electron chi connectivity index (χ0n) is 11.3. The van der Waals surface area contributed by atoms with Gasteiger partial charge in [0, 0.05) is 0 Å². The van der Waals surface area contributed by atoms with Crippen molar-refractivity contribution in [1.29, 1.82) is 0 Å². The predicted molar refractivity (Wildman–Crippen MR) is 71.6 cm³/mol. The van der Waals surface area contributed by atoms with E-state index in [4.69, 9.17) is 4.74 Å². The Kier molecular flexibility index (Phi) is 3.43. The van der Waals surface area contributed by atoms with Crippen LogP contribution in [0.15, 0.2) is 24.3 Å². The third kappa shape index (κ3) is 2.63. The van der Waals surface area contributed by atoms with Crippen LogP contribution in [0.4, 0.5) is 0 Å². The molecule has 2 heteroatoms. The Labute approximate surface area is 104 Å². The number of ether oxygens (including phenoxy) is 1. The van der Waals surface area contributed by atoms with Gasteiger partial charge in [-0.05, 0) is 62.9 Å². The van der Waals surface area contributed by atoms with Gasteiger partial charge in [0.1, 0.15) is 5.75 Å². The van der Waals surface area contributed by atoms with Gasteiger partial charge in [0.05, 0.1) is 6.10 Å². The van der Waals surface area contributed by atoms with Gasteiger partial charge in [-0.25, -0.2) is 0 Å². The van der Waals surface area contributed by atoms with E-state index in [1.54, 1.807) is 0 Å². The van der Waals surface area contributed by atoms with Crippen molar-refractivity contribution in [3.8, 4) is 5.75 Å². The first-order chi connectivity index (χ1) is 8.06. The number of hydrogen-bond donors (Lipinski definition) is 1. The monoisotopic (exact) mass is 233 g/mol. The van der Waals surface area contributed by atoms with Crippen molar-refractivity contribution < 1.29 is 4.74 Å². The molecule has 1 aromatic rings. The van der Waals surface area contributed by atoms with Crippen LogP contribution in [0.1, 0.15) is 32.8 Å². The number of benzene rings is 1. The van der Waals surface area contributed by atoms with Crippen LogP contribution in [0.3, 0.4) is 0 Å². The lowest BCUT2D eigenvalue weighted by molar-refractivity contribution is 0.242. The SMILES string of the molecule is CNCC1CC1(C)c1ccc(OC(C)C)cc1. The fraction of sp³-hybridized carbons (Fsp3) is 0.600. The van der Waals surface area contributed by atoms with Crippen molar-refractivity contribution >= 4 is 0 Å². The third-order valence-corrected chi connectivity index (χ3v) is 3.75. The quantitative estimate of drug-likeness (QED) is 0.844. The molecule has 2 rings (SSSR count). The summed E-state index contributed by atoms with van der Waals surface area (Å²) in [5.41, 5.74) is 1.81. The first-order valence-corrected chi connectivity index (χ1v) is 6.48. The minimum Gasteiger partial charge on any atom is -0.491 e. The number of nitrogens with one attached hydrogen (secondary N) is 1. The van der Waals surface area contributed by atoms with E-state index < -0.39 is 0 Å². The average molecular weight is 233 g/mol. The maximum absolute atomic E-state index is 5.66. The van der Waals surface area contributed by atoms with Gasteiger partial charge in [0.2, 0.25) is 0 Å². The van der Waals surface area contributed by atoms with E-state index in [1.807, 2.05) is 7.05 Å². The molecule has 0 bridgehead atoms. The van der Waals surface area contributed by atoms with Crippen LogP contribution in [0.25, 0.3) is 0 Å². The number of rotatable bonds is 5. The third-order valence-electron chi connectivity index (χ3n) is 3.75. The van der Waals surface area contributed by atoms with Gasteiger partial charge in [0.15, 0.2) is 0 Å². The second kappa shape index (κ2) is 4.69. The second-order valence-corrected chi connectivity index (χ2v) is 5.57. The van der Waals surface area contributed by atoms with Crippen molar-refractivity contribution in [2.24, 2.45) is 5.92 Å².